The Morgan fingerprint density at radius 3 is 2.60 bits per heavy atom. The molecule has 0 bridgehead atoms. The highest BCUT2D eigenvalue weighted by molar-refractivity contribution is 9.10. The monoisotopic (exact) mass is 330 g/mol. The van der Waals surface area contributed by atoms with E-state index in [1.54, 1.807) is 12.3 Å². The van der Waals surface area contributed by atoms with Gasteiger partial charge >= 0.3 is 0 Å². The van der Waals surface area contributed by atoms with E-state index < -0.39 is 0 Å². The molecule has 0 saturated heterocycles. The zero-order valence-electron chi connectivity index (χ0n) is 10.5. The molecule has 0 aliphatic rings. The van der Waals surface area contributed by atoms with E-state index >= 15 is 0 Å². The number of nitrogens with zero attached hydrogens (tertiary/aromatic N) is 2. The lowest BCUT2D eigenvalue weighted by molar-refractivity contribution is -0.383. The minimum atomic E-state index is -0.337. The summed E-state index contributed by atoms with van der Waals surface area (Å²) in [5.41, 5.74) is 2.11. The highest BCUT2D eigenvalue weighted by atomic mass is 79.9. The van der Waals surface area contributed by atoms with Crippen molar-refractivity contribution in [2.45, 2.75) is 6.54 Å². The summed E-state index contributed by atoms with van der Waals surface area (Å²) in [6.45, 7) is 0.618. The normalized spacial score (nSPS) is 10.8. The Morgan fingerprint density at radius 2 is 1.90 bits per heavy atom. The lowest BCUT2D eigenvalue weighted by Gasteiger charge is -2.04. The molecular weight excluding hydrogens is 320 g/mol. The Bertz CT molecular complexity index is 781. The topological polar surface area (TPSA) is 48.1 Å². The van der Waals surface area contributed by atoms with Crippen LogP contribution in [0.15, 0.2) is 59.2 Å². The fraction of sp³-hybridized carbons (Fsp3) is 0.0667. The van der Waals surface area contributed by atoms with Crippen molar-refractivity contribution in [2.24, 2.45) is 0 Å². The van der Waals surface area contributed by atoms with E-state index in [0.717, 1.165) is 15.6 Å². The van der Waals surface area contributed by atoms with E-state index in [0.29, 0.717) is 11.9 Å². The molecule has 1 heterocycles. The maximum atomic E-state index is 11.2. The van der Waals surface area contributed by atoms with E-state index in [9.17, 15) is 10.1 Å². The lowest BCUT2D eigenvalue weighted by Crippen LogP contribution is -1.97. The number of aromatic nitrogens is 1. The first-order valence-corrected chi connectivity index (χ1v) is 6.91. The van der Waals surface area contributed by atoms with Crippen LogP contribution in [0.25, 0.3) is 10.9 Å². The minimum absolute atomic E-state index is 0.136. The lowest BCUT2D eigenvalue weighted by atomic mass is 10.2. The molecule has 0 fully saturated rings. The molecule has 3 rings (SSSR count). The van der Waals surface area contributed by atoms with Gasteiger partial charge in [-0.1, -0.05) is 46.3 Å². The predicted molar refractivity (Wildman–Crippen MR) is 81.8 cm³/mol. The molecule has 0 aliphatic carbocycles. The van der Waals surface area contributed by atoms with Gasteiger partial charge in [-0.05, 0) is 23.8 Å². The van der Waals surface area contributed by atoms with Crippen molar-refractivity contribution in [3.05, 3.63) is 74.9 Å². The second kappa shape index (κ2) is 5.09. The molecule has 0 saturated carbocycles. The summed E-state index contributed by atoms with van der Waals surface area (Å²) in [4.78, 5) is 10.8. The number of rotatable bonds is 3. The van der Waals surface area contributed by atoms with Gasteiger partial charge in [0, 0.05) is 11.0 Å². The van der Waals surface area contributed by atoms with Crippen LogP contribution in [0.3, 0.4) is 0 Å². The van der Waals surface area contributed by atoms with Crippen LogP contribution in [0.4, 0.5) is 5.69 Å². The highest BCUT2D eigenvalue weighted by Crippen LogP contribution is 2.30. The van der Waals surface area contributed by atoms with Crippen molar-refractivity contribution in [1.29, 1.82) is 0 Å². The fourth-order valence-corrected chi connectivity index (χ4v) is 2.67. The van der Waals surface area contributed by atoms with Crippen LogP contribution >= 0.6 is 15.9 Å². The molecule has 4 nitrogen and oxygen atoms in total. The van der Waals surface area contributed by atoms with Crippen molar-refractivity contribution in [2.75, 3.05) is 0 Å². The Balaban J connectivity index is 2.14. The number of fused-ring (bicyclic) bond motifs is 1. The number of benzene rings is 2. The Morgan fingerprint density at radius 1 is 1.15 bits per heavy atom. The van der Waals surface area contributed by atoms with Gasteiger partial charge in [0.1, 0.15) is 0 Å². The quantitative estimate of drug-likeness (QED) is 0.529. The Kier molecular flexibility index (Phi) is 3.28. The Labute approximate surface area is 123 Å². The zero-order chi connectivity index (χ0) is 14.1. The molecule has 2 aromatic carbocycles. The fourth-order valence-electron chi connectivity index (χ4n) is 2.31. The Hall–Kier alpha value is -2.14. The van der Waals surface area contributed by atoms with E-state index in [1.807, 2.05) is 47.0 Å². The van der Waals surface area contributed by atoms with Crippen LogP contribution in [0.5, 0.6) is 0 Å². The first kappa shape index (κ1) is 12.9. The van der Waals surface area contributed by atoms with Crippen LogP contribution in [0.1, 0.15) is 5.56 Å². The van der Waals surface area contributed by atoms with Crippen LogP contribution in [-0.2, 0) is 6.54 Å². The first-order valence-electron chi connectivity index (χ1n) is 6.12. The molecule has 0 unspecified atom stereocenters. The minimum Gasteiger partial charge on any atom is -0.337 e. The van der Waals surface area contributed by atoms with Gasteiger partial charge in [-0.25, -0.2) is 0 Å². The summed E-state index contributed by atoms with van der Waals surface area (Å²) in [5, 5.41) is 11.8. The van der Waals surface area contributed by atoms with Crippen LogP contribution in [0, 0.1) is 10.1 Å². The van der Waals surface area contributed by atoms with Gasteiger partial charge < -0.3 is 4.57 Å². The zero-order valence-corrected chi connectivity index (χ0v) is 12.1. The molecule has 100 valence electrons. The largest absolute Gasteiger partial charge is 0.337 e. The molecule has 20 heavy (non-hydrogen) atoms. The van der Waals surface area contributed by atoms with Gasteiger partial charge in [-0.3, -0.25) is 10.1 Å². The molecule has 0 atom stereocenters. The number of hydrogen-bond donors (Lipinski definition) is 0. The third-order valence-corrected chi connectivity index (χ3v) is 3.71. The van der Waals surface area contributed by atoms with Crippen molar-refractivity contribution in [3.8, 4) is 0 Å². The van der Waals surface area contributed by atoms with Gasteiger partial charge in [-0.2, -0.15) is 0 Å². The molecular formula is C15H11BrN2O2. The van der Waals surface area contributed by atoms with Gasteiger partial charge in [-0.15, -0.1) is 0 Å². The molecule has 0 amide bonds. The standard InChI is InChI=1S/C15H11BrN2O2/c16-12-6-7-14-13(8-12)15(18(19)20)10-17(14)9-11-4-2-1-3-5-11/h1-8,10H,9H2. The van der Waals surface area contributed by atoms with E-state index in [-0.39, 0.29) is 10.6 Å². The van der Waals surface area contributed by atoms with E-state index in [4.69, 9.17) is 0 Å². The summed E-state index contributed by atoms with van der Waals surface area (Å²) < 4.78 is 2.75. The average Bonchev–Trinajstić information content (AvgIpc) is 2.78. The number of halogens is 1. The second-order valence-electron chi connectivity index (χ2n) is 4.55. The number of nitro groups is 1. The molecule has 0 aliphatic heterocycles. The number of hydrogen-bond acceptors (Lipinski definition) is 2. The second-order valence-corrected chi connectivity index (χ2v) is 5.46. The molecule has 0 N–H and O–H groups in total. The summed E-state index contributed by atoms with van der Waals surface area (Å²) in [6, 6.07) is 15.5. The van der Waals surface area contributed by atoms with Crippen molar-refractivity contribution >= 4 is 32.5 Å². The summed E-state index contributed by atoms with van der Waals surface area (Å²) in [6.07, 6.45) is 1.60. The highest BCUT2D eigenvalue weighted by Gasteiger charge is 2.17. The van der Waals surface area contributed by atoms with Crippen molar-refractivity contribution in [1.82, 2.24) is 4.57 Å². The summed E-state index contributed by atoms with van der Waals surface area (Å²) in [7, 11) is 0. The molecule has 5 heteroatoms. The predicted octanol–water partition coefficient (Wildman–Crippen LogP) is 4.36. The average molecular weight is 331 g/mol. The van der Waals surface area contributed by atoms with Crippen LogP contribution < -0.4 is 0 Å². The summed E-state index contributed by atoms with van der Waals surface area (Å²) in [5.74, 6) is 0. The maximum absolute atomic E-state index is 11.2. The van der Waals surface area contributed by atoms with Crippen molar-refractivity contribution in [3.63, 3.8) is 0 Å². The molecule has 0 radical (unpaired) electrons. The molecule has 3 aromatic rings. The van der Waals surface area contributed by atoms with Gasteiger partial charge in [0.05, 0.1) is 22.0 Å². The van der Waals surface area contributed by atoms with Gasteiger partial charge in [0.15, 0.2) is 0 Å². The first-order chi connectivity index (χ1) is 9.65. The van der Waals surface area contributed by atoms with E-state index in [2.05, 4.69) is 15.9 Å². The smallest absolute Gasteiger partial charge is 0.294 e. The van der Waals surface area contributed by atoms with Gasteiger partial charge in [0.25, 0.3) is 5.69 Å². The third-order valence-electron chi connectivity index (χ3n) is 3.21. The van der Waals surface area contributed by atoms with E-state index in [1.165, 1.54) is 0 Å². The molecule has 0 spiro atoms. The summed E-state index contributed by atoms with van der Waals surface area (Å²) >= 11 is 3.36. The third kappa shape index (κ3) is 2.32. The molecule has 1 aromatic heterocycles. The SMILES string of the molecule is O=[N+]([O-])c1cn(Cc2ccccc2)c2ccc(Br)cc12. The van der Waals surface area contributed by atoms with Crippen LogP contribution in [-0.4, -0.2) is 9.49 Å². The maximum Gasteiger partial charge on any atom is 0.294 e. The van der Waals surface area contributed by atoms with Gasteiger partial charge in [0.2, 0.25) is 0 Å². The van der Waals surface area contributed by atoms with Crippen LogP contribution in [0.2, 0.25) is 0 Å². The van der Waals surface area contributed by atoms with Crippen molar-refractivity contribution < 1.29 is 4.92 Å².